The average molecular weight is 368 g/mol. The molecule has 3 aromatic rings. The number of aromatic nitrogens is 3. The number of nitrogens with one attached hydrogen (secondary N) is 1. The van der Waals surface area contributed by atoms with Gasteiger partial charge in [-0.3, -0.25) is 9.20 Å². The van der Waals surface area contributed by atoms with Gasteiger partial charge >= 0.3 is 11.7 Å². The number of anilines is 1. The normalized spacial score (nSPS) is 10.7. The number of nitrogens with zero attached hydrogens (tertiary/aromatic N) is 3. The number of fused-ring (bicyclic) bond motifs is 1. The molecule has 1 aromatic carbocycles. The molecule has 2 heterocycles. The first-order chi connectivity index (χ1) is 13.1. The van der Waals surface area contributed by atoms with Crippen molar-refractivity contribution in [1.29, 1.82) is 0 Å². The molecule has 27 heavy (non-hydrogen) atoms. The fourth-order valence-electron chi connectivity index (χ4n) is 2.49. The Morgan fingerprint density at radius 3 is 2.63 bits per heavy atom. The molecular weight excluding hydrogens is 348 g/mol. The van der Waals surface area contributed by atoms with E-state index in [4.69, 9.17) is 4.74 Å². The lowest BCUT2D eigenvalue weighted by molar-refractivity contribution is -0.117. The summed E-state index contributed by atoms with van der Waals surface area (Å²) in [6.07, 6.45) is 3.37. The van der Waals surface area contributed by atoms with E-state index in [0.29, 0.717) is 23.5 Å². The van der Waals surface area contributed by atoms with Crippen LogP contribution in [0, 0.1) is 0 Å². The van der Waals surface area contributed by atoms with Crippen LogP contribution in [0.3, 0.4) is 0 Å². The van der Waals surface area contributed by atoms with Gasteiger partial charge in [0.25, 0.3) is 0 Å². The molecule has 0 bridgehead atoms. The monoisotopic (exact) mass is 368 g/mol. The van der Waals surface area contributed by atoms with E-state index >= 15 is 0 Å². The number of hydrogen-bond donors (Lipinski definition) is 1. The third-order valence-corrected chi connectivity index (χ3v) is 3.92. The van der Waals surface area contributed by atoms with E-state index in [-0.39, 0.29) is 12.2 Å². The molecule has 0 spiro atoms. The van der Waals surface area contributed by atoms with Crippen LogP contribution < -0.4 is 11.0 Å². The van der Waals surface area contributed by atoms with Crippen molar-refractivity contribution in [2.45, 2.75) is 26.3 Å². The maximum atomic E-state index is 12.2. The third kappa shape index (κ3) is 4.41. The van der Waals surface area contributed by atoms with Crippen molar-refractivity contribution in [3.63, 3.8) is 0 Å². The smallest absolute Gasteiger partial charge is 0.350 e. The number of hydrogen-bond acceptors (Lipinski definition) is 5. The second-order valence-electron chi connectivity index (χ2n) is 5.98. The molecule has 8 nitrogen and oxygen atoms in total. The van der Waals surface area contributed by atoms with Gasteiger partial charge in [0, 0.05) is 11.9 Å². The van der Waals surface area contributed by atoms with E-state index in [2.05, 4.69) is 10.4 Å². The van der Waals surface area contributed by atoms with Gasteiger partial charge in [-0.1, -0.05) is 19.4 Å². The van der Waals surface area contributed by atoms with Crippen LogP contribution in [0.5, 0.6) is 0 Å². The maximum absolute atomic E-state index is 12.2. The Morgan fingerprint density at radius 2 is 1.93 bits per heavy atom. The fraction of sp³-hybridized carbons (Fsp3) is 0.263. The van der Waals surface area contributed by atoms with Crippen LogP contribution in [-0.2, 0) is 16.1 Å². The summed E-state index contributed by atoms with van der Waals surface area (Å²) in [5.41, 5.74) is 1.02. The summed E-state index contributed by atoms with van der Waals surface area (Å²) in [4.78, 5) is 36.2. The van der Waals surface area contributed by atoms with E-state index in [1.807, 2.05) is 6.92 Å². The van der Waals surface area contributed by atoms with Crippen LogP contribution in [0.25, 0.3) is 5.65 Å². The fourth-order valence-corrected chi connectivity index (χ4v) is 2.49. The maximum Gasteiger partial charge on any atom is 0.350 e. The second-order valence-corrected chi connectivity index (χ2v) is 5.98. The molecule has 2 aromatic heterocycles. The number of carbonyl (C=O) groups is 2. The molecule has 0 aliphatic rings. The molecule has 0 aliphatic heterocycles. The number of amides is 1. The molecule has 0 fully saturated rings. The van der Waals surface area contributed by atoms with E-state index < -0.39 is 11.9 Å². The minimum Gasteiger partial charge on any atom is -0.462 e. The Morgan fingerprint density at radius 1 is 1.15 bits per heavy atom. The van der Waals surface area contributed by atoms with Crippen molar-refractivity contribution in [3.8, 4) is 0 Å². The highest BCUT2D eigenvalue weighted by Gasteiger charge is 2.11. The van der Waals surface area contributed by atoms with Gasteiger partial charge in [-0.05, 0) is 42.8 Å². The summed E-state index contributed by atoms with van der Waals surface area (Å²) in [6, 6.07) is 11.6. The van der Waals surface area contributed by atoms with E-state index in [1.54, 1.807) is 48.7 Å². The quantitative estimate of drug-likeness (QED) is 0.509. The third-order valence-electron chi connectivity index (χ3n) is 3.92. The highest BCUT2D eigenvalue weighted by molar-refractivity contribution is 5.92. The summed E-state index contributed by atoms with van der Waals surface area (Å²) < 4.78 is 7.60. The van der Waals surface area contributed by atoms with Crippen LogP contribution in [0.1, 0.15) is 30.1 Å². The van der Waals surface area contributed by atoms with E-state index in [1.165, 1.54) is 4.40 Å². The van der Waals surface area contributed by atoms with Gasteiger partial charge in [-0.2, -0.15) is 0 Å². The Balaban J connectivity index is 1.61. The summed E-state index contributed by atoms with van der Waals surface area (Å²) >= 11 is 0. The largest absolute Gasteiger partial charge is 0.462 e. The van der Waals surface area contributed by atoms with Gasteiger partial charge in [-0.25, -0.2) is 14.3 Å². The van der Waals surface area contributed by atoms with Crippen LogP contribution >= 0.6 is 0 Å². The molecule has 0 saturated heterocycles. The Kier molecular flexibility index (Phi) is 5.65. The molecule has 8 heteroatoms. The first-order valence-electron chi connectivity index (χ1n) is 8.69. The van der Waals surface area contributed by atoms with Gasteiger partial charge in [0.1, 0.15) is 6.54 Å². The first-order valence-corrected chi connectivity index (χ1v) is 8.69. The molecule has 0 atom stereocenters. The molecular formula is C19H20N4O4. The number of benzene rings is 1. The molecule has 3 rings (SSSR count). The lowest BCUT2D eigenvalue weighted by atomic mass is 10.2. The topological polar surface area (TPSA) is 94.7 Å². The Labute approximate surface area is 155 Å². The number of unbranched alkanes of at least 4 members (excludes halogenated alkanes) is 1. The second kappa shape index (κ2) is 8.31. The summed E-state index contributed by atoms with van der Waals surface area (Å²) in [5.74, 6) is -0.781. The number of esters is 1. The number of pyridine rings is 1. The van der Waals surface area contributed by atoms with Crippen LogP contribution in [0.4, 0.5) is 5.69 Å². The average Bonchev–Trinajstić information content (AvgIpc) is 2.98. The minimum atomic E-state index is -0.391. The number of rotatable bonds is 7. The Hall–Kier alpha value is -3.42. The van der Waals surface area contributed by atoms with E-state index in [9.17, 15) is 14.4 Å². The first kappa shape index (κ1) is 18.4. The molecule has 1 N–H and O–H groups in total. The van der Waals surface area contributed by atoms with Crippen molar-refractivity contribution in [2.24, 2.45) is 0 Å². The molecule has 0 saturated carbocycles. The molecule has 0 radical (unpaired) electrons. The van der Waals surface area contributed by atoms with Crippen molar-refractivity contribution >= 4 is 23.2 Å². The predicted molar refractivity (Wildman–Crippen MR) is 99.7 cm³/mol. The number of ether oxygens (including phenoxy) is 1. The highest BCUT2D eigenvalue weighted by atomic mass is 16.5. The predicted octanol–water partition coefficient (Wildman–Crippen LogP) is 2.09. The van der Waals surface area contributed by atoms with Crippen LogP contribution in [-0.4, -0.2) is 32.7 Å². The van der Waals surface area contributed by atoms with E-state index in [0.717, 1.165) is 17.5 Å². The number of carbonyl (C=O) groups excluding carboxylic acids is 2. The van der Waals surface area contributed by atoms with Gasteiger partial charge in [-0.15, -0.1) is 5.10 Å². The Bertz CT molecular complexity index is 1000. The van der Waals surface area contributed by atoms with Crippen LogP contribution in [0.2, 0.25) is 0 Å². The minimum absolute atomic E-state index is 0.207. The molecule has 1 amide bonds. The van der Waals surface area contributed by atoms with Crippen molar-refractivity contribution in [2.75, 3.05) is 11.9 Å². The summed E-state index contributed by atoms with van der Waals surface area (Å²) in [5, 5.41) is 6.79. The lowest BCUT2D eigenvalue weighted by Crippen LogP contribution is -2.28. The van der Waals surface area contributed by atoms with Gasteiger partial charge in [0.05, 0.1) is 12.2 Å². The zero-order valence-electron chi connectivity index (χ0n) is 14.9. The standard InChI is InChI=1S/C19H20N4O4/c1-2-3-12-27-18(25)14-7-9-15(10-8-14)20-17(24)13-23-19(26)22-11-5-4-6-16(22)21-23/h4-11H,2-3,12-13H2,1H3,(H,20,24). The molecule has 0 aliphatic carbocycles. The summed E-state index contributed by atoms with van der Waals surface area (Å²) in [7, 11) is 0. The van der Waals surface area contributed by atoms with Crippen LogP contribution in [0.15, 0.2) is 53.5 Å². The lowest BCUT2D eigenvalue weighted by Gasteiger charge is -2.07. The molecule has 140 valence electrons. The zero-order valence-corrected chi connectivity index (χ0v) is 14.9. The van der Waals surface area contributed by atoms with Crippen molar-refractivity contribution < 1.29 is 14.3 Å². The van der Waals surface area contributed by atoms with Crippen molar-refractivity contribution in [3.05, 3.63) is 64.7 Å². The summed E-state index contributed by atoms with van der Waals surface area (Å²) in [6.45, 7) is 2.20. The highest BCUT2D eigenvalue weighted by Crippen LogP contribution is 2.11. The van der Waals surface area contributed by atoms with Gasteiger partial charge < -0.3 is 10.1 Å². The van der Waals surface area contributed by atoms with Gasteiger partial charge in [0.2, 0.25) is 5.91 Å². The van der Waals surface area contributed by atoms with Crippen molar-refractivity contribution in [1.82, 2.24) is 14.2 Å². The van der Waals surface area contributed by atoms with Gasteiger partial charge in [0.15, 0.2) is 5.65 Å². The SMILES string of the molecule is CCCCOC(=O)c1ccc(NC(=O)Cn2nc3ccccn3c2=O)cc1. The molecule has 0 unspecified atom stereocenters. The zero-order chi connectivity index (χ0) is 19.2.